The molecule has 0 aliphatic heterocycles. The fourth-order valence-corrected chi connectivity index (χ4v) is 3.04. The van der Waals surface area contributed by atoms with E-state index in [-0.39, 0.29) is 5.91 Å². The second kappa shape index (κ2) is 9.10. The Morgan fingerprint density at radius 1 is 1.07 bits per heavy atom. The van der Waals surface area contributed by atoms with Crippen LogP contribution in [0, 0.1) is 6.92 Å². The lowest BCUT2D eigenvalue weighted by molar-refractivity contribution is 0.102. The highest BCUT2D eigenvalue weighted by Crippen LogP contribution is 2.29. The molecule has 3 rings (SSSR count). The normalized spacial score (nSPS) is 10.3. The molecule has 0 fully saturated rings. The number of amides is 1. The van der Waals surface area contributed by atoms with Crippen molar-refractivity contribution < 1.29 is 14.3 Å². The van der Waals surface area contributed by atoms with Gasteiger partial charge < -0.3 is 20.1 Å². The zero-order valence-electron chi connectivity index (χ0n) is 17.1. The van der Waals surface area contributed by atoms with Crippen molar-refractivity contribution in [1.82, 2.24) is 4.98 Å². The van der Waals surface area contributed by atoms with Gasteiger partial charge in [0.1, 0.15) is 17.2 Å². The van der Waals surface area contributed by atoms with Crippen LogP contribution >= 0.6 is 0 Å². The fraction of sp³-hybridized carbons (Fsp3) is 0.217. The van der Waals surface area contributed by atoms with Gasteiger partial charge in [-0.15, -0.1) is 0 Å². The lowest BCUT2D eigenvalue weighted by atomic mass is 10.1. The van der Waals surface area contributed by atoms with Gasteiger partial charge in [0.25, 0.3) is 5.91 Å². The third-order valence-corrected chi connectivity index (χ3v) is 4.66. The highest BCUT2D eigenvalue weighted by molar-refractivity contribution is 6.03. The molecule has 3 aromatic rings. The van der Waals surface area contributed by atoms with Crippen molar-refractivity contribution in [3.63, 3.8) is 0 Å². The molecule has 0 aliphatic carbocycles. The first-order valence-corrected chi connectivity index (χ1v) is 9.40. The predicted octanol–water partition coefficient (Wildman–Crippen LogP) is 4.97. The van der Waals surface area contributed by atoms with Crippen LogP contribution < -0.4 is 20.1 Å². The van der Waals surface area contributed by atoms with Crippen molar-refractivity contribution in [2.45, 2.75) is 20.3 Å². The van der Waals surface area contributed by atoms with Crippen molar-refractivity contribution in [1.29, 1.82) is 0 Å². The number of nitrogens with zero attached hydrogens (tertiary/aromatic N) is 1. The van der Waals surface area contributed by atoms with Gasteiger partial charge in [-0.25, -0.2) is 4.98 Å². The first kappa shape index (κ1) is 20.2. The smallest absolute Gasteiger partial charge is 0.274 e. The lowest BCUT2D eigenvalue weighted by Crippen LogP contribution is -2.14. The first-order chi connectivity index (χ1) is 14.0. The monoisotopic (exact) mass is 391 g/mol. The number of pyridine rings is 1. The summed E-state index contributed by atoms with van der Waals surface area (Å²) < 4.78 is 10.5. The second-order valence-corrected chi connectivity index (χ2v) is 6.54. The van der Waals surface area contributed by atoms with Crippen molar-refractivity contribution >= 4 is 23.0 Å². The minimum absolute atomic E-state index is 0.314. The van der Waals surface area contributed by atoms with Gasteiger partial charge in [0.2, 0.25) is 0 Å². The molecule has 0 aliphatic rings. The standard InChI is InChI=1S/C23H25N3O3/c1-5-16-8-6-7-15(2)22(16)25-17-9-11-20(24-14-17)23(27)26-19-12-10-18(28-3)13-21(19)29-4/h6-14,25H,5H2,1-4H3,(H,26,27). The van der Waals surface area contributed by atoms with E-state index in [0.29, 0.717) is 22.9 Å². The van der Waals surface area contributed by atoms with Gasteiger partial charge in [-0.05, 0) is 48.7 Å². The highest BCUT2D eigenvalue weighted by atomic mass is 16.5. The predicted molar refractivity (Wildman–Crippen MR) is 116 cm³/mol. The molecule has 1 aromatic heterocycles. The van der Waals surface area contributed by atoms with Crippen LogP contribution in [0.2, 0.25) is 0 Å². The Balaban J connectivity index is 1.75. The van der Waals surface area contributed by atoms with Crippen LogP contribution in [-0.4, -0.2) is 25.1 Å². The topological polar surface area (TPSA) is 72.5 Å². The molecule has 0 atom stereocenters. The summed E-state index contributed by atoms with van der Waals surface area (Å²) in [5, 5.41) is 6.23. The SMILES string of the molecule is CCc1cccc(C)c1Nc1ccc(C(=O)Nc2ccc(OC)cc2OC)nc1. The minimum Gasteiger partial charge on any atom is -0.497 e. The molecule has 0 unspecified atom stereocenters. The number of anilines is 3. The average Bonchev–Trinajstić information content (AvgIpc) is 2.75. The number of aromatic nitrogens is 1. The summed E-state index contributed by atoms with van der Waals surface area (Å²) in [6.07, 6.45) is 2.59. The quantitative estimate of drug-likeness (QED) is 0.595. The number of rotatable bonds is 7. The van der Waals surface area contributed by atoms with Gasteiger partial charge in [0.15, 0.2) is 0 Å². The number of methoxy groups -OCH3 is 2. The van der Waals surface area contributed by atoms with Crippen molar-refractivity contribution in [3.05, 3.63) is 71.5 Å². The Hall–Kier alpha value is -3.54. The van der Waals surface area contributed by atoms with E-state index in [1.165, 1.54) is 5.56 Å². The molecule has 0 radical (unpaired) electrons. The number of benzene rings is 2. The van der Waals surface area contributed by atoms with Gasteiger partial charge in [-0.2, -0.15) is 0 Å². The maximum absolute atomic E-state index is 12.6. The third-order valence-electron chi connectivity index (χ3n) is 4.66. The van der Waals surface area contributed by atoms with E-state index in [9.17, 15) is 4.79 Å². The number of hydrogen-bond donors (Lipinski definition) is 2. The van der Waals surface area contributed by atoms with E-state index in [1.54, 1.807) is 44.7 Å². The van der Waals surface area contributed by atoms with Crippen LogP contribution in [0.5, 0.6) is 11.5 Å². The number of nitrogens with one attached hydrogen (secondary N) is 2. The molecule has 0 spiro atoms. The number of hydrogen-bond acceptors (Lipinski definition) is 5. The summed E-state index contributed by atoms with van der Waals surface area (Å²) in [4.78, 5) is 16.9. The van der Waals surface area contributed by atoms with Gasteiger partial charge in [-0.1, -0.05) is 25.1 Å². The zero-order valence-corrected chi connectivity index (χ0v) is 17.1. The van der Waals surface area contributed by atoms with Gasteiger partial charge >= 0.3 is 0 Å². The third kappa shape index (κ3) is 4.66. The van der Waals surface area contributed by atoms with Gasteiger partial charge in [0.05, 0.1) is 31.8 Å². The van der Waals surface area contributed by atoms with Crippen molar-refractivity contribution in [2.24, 2.45) is 0 Å². The Morgan fingerprint density at radius 2 is 1.90 bits per heavy atom. The molecule has 2 aromatic carbocycles. The van der Waals surface area contributed by atoms with E-state index in [0.717, 1.165) is 23.4 Å². The molecule has 0 saturated carbocycles. The number of carbonyl (C=O) groups excluding carboxylic acids is 1. The van der Waals surface area contributed by atoms with Crippen molar-refractivity contribution in [2.75, 3.05) is 24.9 Å². The number of aryl methyl sites for hydroxylation is 2. The molecule has 0 bridgehead atoms. The molecule has 0 saturated heterocycles. The number of ether oxygens (including phenoxy) is 2. The molecular weight excluding hydrogens is 366 g/mol. The van der Waals surface area contributed by atoms with E-state index < -0.39 is 0 Å². The summed E-state index contributed by atoms with van der Waals surface area (Å²) in [6, 6.07) is 15.0. The summed E-state index contributed by atoms with van der Waals surface area (Å²) in [7, 11) is 3.12. The molecule has 6 heteroatoms. The molecule has 29 heavy (non-hydrogen) atoms. The summed E-state index contributed by atoms with van der Waals surface area (Å²) in [6.45, 7) is 4.19. The maximum atomic E-state index is 12.6. The fourth-order valence-electron chi connectivity index (χ4n) is 3.04. The molecule has 2 N–H and O–H groups in total. The Morgan fingerprint density at radius 3 is 2.55 bits per heavy atom. The van der Waals surface area contributed by atoms with Crippen LogP contribution in [0.15, 0.2) is 54.7 Å². The second-order valence-electron chi connectivity index (χ2n) is 6.54. The van der Waals surface area contributed by atoms with Gasteiger partial charge in [0, 0.05) is 11.8 Å². The van der Waals surface area contributed by atoms with Crippen LogP contribution in [0.4, 0.5) is 17.1 Å². The molecule has 1 heterocycles. The number of para-hydroxylation sites is 1. The minimum atomic E-state index is -0.315. The van der Waals surface area contributed by atoms with Crippen molar-refractivity contribution in [3.8, 4) is 11.5 Å². The summed E-state index contributed by atoms with van der Waals surface area (Å²) in [5.41, 5.74) is 5.17. The van der Waals surface area contributed by atoms with Gasteiger partial charge in [-0.3, -0.25) is 4.79 Å². The Bertz CT molecular complexity index is 1000. The first-order valence-electron chi connectivity index (χ1n) is 9.40. The number of carbonyl (C=O) groups is 1. The Labute approximate surface area is 170 Å². The van der Waals surface area contributed by atoms with Crippen LogP contribution in [-0.2, 0) is 6.42 Å². The molecular formula is C23H25N3O3. The lowest BCUT2D eigenvalue weighted by Gasteiger charge is -2.14. The summed E-state index contributed by atoms with van der Waals surface area (Å²) in [5.74, 6) is 0.851. The van der Waals surface area contributed by atoms with Crippen LogP contribution in [0.1, 0.15) is 28.5 Å². The van der Waals surface area contributed by atoms with E-state index in [4.69, 9.17) is 9.47 Å². The average molecular weight is 391 g/mol. The Kier molecular flexibility index (Phi) is 6.34. The highest BCUT2D eigenvalue weighted by Gasteiger charge is 2.12. The zero-order chi connectivity index (χ0) is 20.8. The van der Waals surface area contributed by atoms with E-state index in [1.807, 2.05) is 6.07 Å². The van der Waals surface area contributed by atoms with Crippen LogP contribution in [0.3, 0.4) is 0 Å². The molecule has 150 valence electrons. The molecule has 1 amide bonds. The van der Waals surface area contributed by atoms with Crippen LogP contribution in [0.25, 0.3) is 0 Å². The summed E-state index contributed by atoms with van der Waals surface area (Å²) >= 11 is 0. The van der Waals surface area contributed by atoms with E-state index >= 15 is 0 Å². The maximum Gasteiger partial charge on any atom is 0.274 e. The van der Waals surface area contributed by atoms with E-state index in [2.05, 4.69) is 47.7 Å². The largest absolute Gasteiger partial charge is 0.497 e. The molecule has 6 nitrogen and oxygen atoms in total.